The molecule has 3 nitrogen and oxygen atoms in total. The summed E-state index contributed by atoms with van der Waals surface area (Å²) in [6.07, 6.45) is 1.20. The smallest absolute Gasteiger partial charge is 0.148 e. The highest BCUT2D eigenvalue weighted by molar-refractivity contribution is 8.00. The standard InChI is InChI=1S/C12H18FNO2S2/c1-8-6-12(17-4-5-18(3,15)16)10(9(2)14)7-11(8)13/h6-7,9H,4-5,14H2,1-3H3. The van der Waals surface area contributed by atoms with Crippen molar-refractivity contribution in [2.75, 3.05) is 17.8 Å². The Bertz CT molecular complexity index is 527. The van der Waals surface area contributed by atoms with Crippen molar-refractivity contribution in [2.45, 2.75) is 24.8 Å². The fourth-order valence-corrected chi connectivity index (χ4v) is 3.89. The van der Waals surface area contributed by atoms with Crippen molar-refractivity contribution in [2.24, 2.45) is 5.73 Å². The number of rotatable bonds is 5. The molecule has 0 saturated heterocycles. The summed E-state index contributed by atoms with van der Waals surface area (Å²) in [5.74, 6) is 0.269. The molecule has 0 heterocycles. The first-order valence-electron chi connectivity index (χ1n) is 5.57. The van der Waals surface area contributed by atoms with Crippen LogP contribution in [0, 0.1) is 12.7 Å². The van der Waals surface area contributed by atoms with E-state index >= 15 is 0 Å². The van der Waals surface area contributed by atoms with E-state index in [-0.39, 0.29) is 17.6 Å². The van der Waals surface area contributed by atoms with E-state index < -0.39 is 9.84 Å². The minimum Gasteiger partial charge on any atom is -0.324 e. The van der Waals surface area contributed by atoms with Gasteiger partial charge in [-0.2, -0.15) is 0 Å². The third-order valence-corrected chi connectivity index (χ3v) is 4.77. The first kappa shape index (κ1) is 15.5. The van der Waals surface area contributed by atoms with Crippen LogP contribution in [0.5, 0.6) is 0 Å². The monoisotopic (exact) mass is 291 g/mol. The summed E-state index contributed by atoms with van der Waals surface area (Å²) in [5.41, 5.74) is 7.05. The number of sulfone groups is 1. The topological polar surface area (TPSA) is 60.2 Å². The number of hydrogen-bond acceptors (Lipinski definition) is 4. The fourth-order valence-electron chi connectivity index (χ4n) is 1.45. The van der Waals surface area contributed by atoms with E-state index in [2.05, 4.69) is 0 Å². The van der Waals surface area contributed by atoms with Gasteiger partial charge in [0.05, 0.1) is 5.75 Å². The van der Waals surface area contributed by atoms with Crippen molar-refractivity contribution in [1.29, 1.82) is 0 Å². The molecule has 1 aromatic rings. The summed E-state index contributed by atoms with van der Waals surface area (Å²) in [6, 6.07) is 2.88. The Labute approximate surface area is 112 Å². The number of halogens is 1. The summed E-state index contributed by atoms with van der Waals surface area (Å²) < 4.78 is 35.6. The van der Waals surface area contributed by atoms with E-state index in [1.165, 1.54) is 24.1 Å². The Balaban J connectivity index is 2.90. The molecule has 1 rings (SSSR count). The van der Waals surface area contributed by atoms with Gasteiger partial charge in [0.15, 0.2) is 0 Å². The maximum absolute atomic E-state index is 13.5. The van der Waals surface area contributed by atoms with Gasteiger partial charge in [0.1, 0.15) is 15.7 Å². The van der Waals surface area contributed by atoms with Crippen LogP contribution in [-0.4, -0.2) is 26.2 Å². The third-order valence-electron chi connectivity index (χ3n) is 2.49. The van der Waals surface area contributed by atoms with Gasteiger partial charge in [-0.05, 0) is 37.1 Å². The zero-order valence-electron chi connectivity index (χ0n) is 10.7. The average Bonchev–Trinajstić information content (AvgIpc) is 2.20. The van der Waals surface area contributed by atoms with Crippen LogP contribution in [-0.2, 0) is 9.84 Å². The summed E-state index contributed by atoms with van der Waals surface area (Å²) in [5, 5.41) is 0. The molecule has 6 heteroatoms. The predicted octanol–water partition coefficient (Wildman–Crippen LogP) is 2.29. The average molecular weight is 291 g/mol. The van der Waals surface area contributed by atoms with Crippen LogP contribution >= 0.6 is 11.8 Å². The maximum atomic E-state index is 13.5. The van der Waals surface area contributed by atoms with Crippen molar-refractivity contribution in [1.82, 2.24) is 0 Å². The Morgan fingerprint density at radius 1 is 1.44 bits per heavy atom. The van der Waals surface area contributed by atoms with Crippen molar-refractivity contribution in [3.8, 4) is 0 Å². The summed E-state index contributed by atoms with van der Waals surface area (Å²) in [6.45, 7) is 3.46. The second kappa shape index (κ2) is 6.04. The highest BCUT2D eigenvalue weighted by Crippen LogP contribution is 2.29. The largest absolute Gasteiger partial charge is 0.324 e. The minimum atomic E-state index is -2.97. The Morgan fingerprint density at radius 3 is 2.56 bits per heavy atom. The summed E-state index contributed by atoms with van der Waals surface area (Å²) in [7, 11) is -2.97. The second-order valence-corrected chi connectivity index (χ2v) is 7.80. The molecule has 0 fully saturated rings. The van der Waals surface area contributed by atoms with Gasteiger partial charge in [0.2, 0.25) is 0 Å². The Morgan fingerprint density at radius 2 is 2.06 bits per heavy atom. The molecule has 0 aliphatic carbocycles. The Hall–Kier alpha value is -0.590. The van der Waals surface area contributed by atoms with Crippen molar-refractivity contribution >= 4 is 21.6 Å². The highest BCUT2D eigenvalue weighted by atomic mass is 32.2. The van der Waals surface area contributed by atoms with E-state index in [1.807, 2.05) is 0 Å². The van der Waals surface area contributed by atoms with Gasteiger partial charge < -0.3 is 5.73 Å². The molecule has 0 bridgehead atoms. The van der Waals surface area contributed by atoms with E-state index in [4.69, 9.17) is 5.73 Å². The van der Waals surface area contributed by atoms with Gasteiger partial charge in [0.25, 0.3) is 0 Å². The second-order valence-electron chi connectivity index (χ2n) is 4.41. The Kier molecular flexibility index (Phi) is 5.19. The zero-order valence-corrected chi connectivity index (χ0v) is 12.4. The van der Waals surface area contributed by atoms with Crippen LogP contribution in [0.4, 0.5) is 4.39 Å². The number of nitrogens with two attached hydrogens (primary N) is 1. The van der Waals surface area contributed by atoms with Crippen LogP contribution < -0.4 is 5.73 Å². The molecule has 1 unspecified atom stereocenters. The number of thioether (sulfide) groups is 1. The molecule has 1 atom stereocenters. The zero-order chi connectivity index (χ0) is 13.9. The van der Waals surface area contributed by atoms with Gasteiger partial charge >= 0.3 is 0 Å². The third kappa shape index (κ3) is 4.59. The molecular weight excluding hydrogens is 273 g/mol. The van der Waals surface area contributed by atoms with Gasteiger partial charge in [-0.25, -0.2) is 12.8 Å². The lowest BCUT2D eigenvalue weighted by atomic mass is 10.1. The van der Waals surface area contributed by atoms with Gasteiger partial charge in [-0.3, -0.25) is 0 Å². The quantitative estimate of drug-likeness (QED) is 0.846. The molecule has 1 aromatic carbocycles. The van der Waals surface area contributed by atoms with Crippen molar-refractivity contribution in [3.05, 3.63) is 29.1 Å². The summed E-state index contributed by atoms with van der Waals surface area (Å²) >= 11 is 1.40. The first-order chi connectivity index (χ1) is 8.20. The molecule has 102 valence electrons. The highest BCUT2D eigenvalue weighted by Gasteiger charge is 2.12. The lowest BCUT2D eigenvalue weighted by Gasteiger charge is -2.13. The van der Waals surface area contributed by atoms with E-state index in [0.717, 1.165) is 10.5 Å². The molecule has 0 aliphatic rings. The van der Waals surface area contributed by atoms with Gasteiger partial charge in [0, 0.05) is 22.9 Å². The van der Waals surface area contributed by atoms with Crippen LogP contribution in [0.15, 0.2) is 17.0 Å². The molecule has 2 N–H and O–H groups in total. The SMILES string of the molecule is Cc1cc(SCCS(C)(=O)=O)c(C(C)N)cc1F. The fraction of sp³-hybridized carbons (Fsp3) is 0.500. The lowest BCUT2D eigenvalue weighted by molar-refractivity contribution is 0.603. The van der Waals surface area contributed by atoms with Gasteiger partial charge in [-0.15, -0.1) is 11.8 Å². The molecule has 0 aliphatic heterocycles. The molecule has 0 amide bonds. The molecule has 18 heavy (non-hydrogen) atoms. The molecular formula is C12H18FNO2S2. The lowest BCUT2D eigenvalue weighted by Crippen LogP contribution is -2.09. The van der Waals surface area contributed by atoms with E-state index in [9.17, 15) is 12.8 Å². The molecule has 0 radical (unpaired) electrons. The normalized spacial score (nSPS) is 13.6. The number of aryl methyl sites for hydroxylation is 1. The van der Waals surface area contributed by atoms with E-state index in [1.54, 1.807) is 19.9 Å². The van der Waals surface area contributed by atoms with Crippen molar-refractivity contribution in [3.63, 3.8) is 0 Å². The number of benzene rings is 1. The summed E-state index contributed by atoms with van der Waals surface area (Å²) in [4.78, 5) is 0.854. The first-order valence-corrected chi connectivity index (χ1v) is 8.61. The van der Waals surface area contributed by atoms with Crippen molar-refractivity contribution < 1.29 is 12.8 Å². The van der Waals surface area contributed by atoms with Gasteiger partial charge in [-0.1, -0.05) is 0 Å². The van der Waals surface area contributed by atoms with Crippen LogP contribution in [0.1, 0.15) is 24.1 Å². The maximum Gasteiger partial charge on any atom is 0.148 e. The molecule has 0 spiro atoms. The minimum absolute atomic E-state index is 0.104. The van der Waals surface area contributed by atoms with Crippen LogP contribution in [0.25, 0.3) is 0 Å². The van der Waals surface area contributed by atoms with E-state index in [0.29, 0.717) is 11.3 Å². The predicted molar refractivity (Wildman–Crippen MR) is 74.2 cm³/mol. The number of hydrogen-bond donors (Lipinski definition) is 1. The molecule has 0 saturated carbocycles. The molecule has 0 aromatic heterocycles. The van der Waals surface area contributed by atoms with Crippen LogP contribution in [0.2, 0.25) is 0 Å². The van der Waals surface area contributed by atoms with Crippen LogP contribution in [0.3, 0.4) is 0 Å².